The number of ether oxygens (including phenoxy) is 3. The van der Waals surface area contributed by atoms with Crippen molar-refractivity contribution < 1.29 is 19.3 Å². The highest BCUT2D eigenvalue weighted by Gasteiger charge is 2.50. The predicted molar refractivity (Wildman–Crippen MR) is 50.5 cm³/mol. The van der Waals surface area contributed by atoms with Gasteiger partial charge in [0.25, 0.3) is 0 Å². The van der Waals surface area contributed by atoms with E-state index in [0.717, 1.165) is 0 Å². The molecular formula is C8H17BO4. The first-order valence-electron chi connectivity index (χ1n) is 4.43. The van der Waals surface area contributed by atoms with Gasteiger partial charge in [-0.1, -0.05) is 0 Å². The molecule has 0 radical (unpaired) electrons. The molecule has 1 rings (SSSR count). The van der Waals surface area contributed by atoms with Crippen LogP contribution in [0.25, 0.3) is 0 Å². The third-order valence-electron chi connectivity index (χ3n) is 2.53. The van der Waals surface area contributed by atoms with Crippen molar-refractivity contribution >= 4 is 7.85 Å². The predicted octanol–water partition coefficient (Wildman–Crippen LogP) is -1.24. The molecule has 4 atom stereocenters. The highest BCUT2D eigenvalue weighted by atomic mass is 16.6. The number of hydrogen-bond acceptors (Lipinski definition) is 4. The monoisotopic (exact) mass is 188 g/mol. The molecule has 13 heavy (non-hydrogen) atoms. The summed E-state index contributed by atoms with van der Waals surface area (Å²) in [4.78, 5) is 0. The zero-order chi connectivity index (χ0) is 10.1. The Labute approximate surface area is 79.6 Å². The van der Waals surface area contributed by atoms with Crippen molar-refractivity contribution in [3.63, 3.8) is 0 Å². The van der Waals surface area contributed by atoms with E-state index in [2.05, 4.69) is 0 Å². The Morgan fingerprint density at radius 1 is 1.54 bits per heavy atom. The lowest BCUT2D eigenvalue weighted by Crippen LogP contribution is -2.45. The van der Waals surface area contributed by atoms with Gasteiger partial charge in [-0.2, -0.15) is 0 Å². The minimum absolute atomic E-state index is 0.204. The lowest BCUT2D eigenvalue weighted by Gasteiger charge is -2.29. The summed E-state index contributed by atoms with van der Waals surface area (Å²) in [7, 11) is 5.01. The minimum Gasteiger partial charge on any atom is -0.388 e. The Morgan fingerprint density at radius 2 is 2.15 bits per heavy atom. The van der Waals surface area contributed by atoms with Gasteiger partial charge >= 0.3 is 0 Å². The van der Waals surface area contributed by atoms with Crippen LogP contribution in [0.3, 0.4) is 0 Å². The lowest BCUT2D eigenvalue weighted by atomic mass is 9.90. The molecule has 5 heteroatoms. The third-order valence-corrected chi connectivity index (χ3v) is 2.53. The maximum Gasteiger partial charge on any atom is 0.142 e. The molecule has 1 aliphatic heterocycles. The molecule has 76 valence electrons. The number of methoxy groups -OCH3 is 2. The maximum absolute atomic E-state index is 9.71. The highest BCUT2D eigenvalue weighted by molar-refractivity contribution is 6.11. The second-order valence-corrected chi connectivity index (χ2v) is 3.72. The van der Waals surface area contributed by atoms with Crippen molar-refractivity contribution in [1.82, 2.24) is 0 Å². The number of aliphatic hydroxyl groups is 1. The fourth-order valence-electron chi connectivity index (χ4n) is 1.96. The molecule has 0 spiro atoms. The van der Waals surface area contributed by atoms with E-state index in [1.54, 1.807) is 14.2 Å². The van der Waals surface area contributed by atoms with Gasteiger partial charge in [0.2, 0.25) is 0 Å². The van der Waals surface area contributed by atoms with Crippen molar-refractivity contribution in [2.75, 3.05) is 20.8 Å². The van der Waals surface area contributed by atoms with Gasteiger partial charge in [-0.25, -0.2) is 0 Å². The molecule has 1 aliphatic rings. The standard InChI is InChI=1S/C8H17BO4/c1-8(4-11-2)6(12-3)5(10)7(9)13-8/h5-7,10H,4,9H2,1-3H3/t5-,6?,7+,8+/m0/s1. The van der Waals surface area contributed by atoms with Gasteiger partial charge in [0, 0.05) is 14.2 Å². The molecule has 1 unspecified atom stereocenters. The van der Waals surface area contributed by atoms with Gasteiger partial charge in [-0.05, 0) is 6.92 Å². The van der Waals surface area contributed by atoms with Crippen molar-refractivity contribution in [3.8, 4) is 0 Å². The molecule has 0 aromatic heterocycles. The molecule has 0 aromatic carbocycles. The van der Waals surface area contributed by atoms with Crippen LogP contribution in [-0.2, 0) is 14.2 Å². The average Bonchev–Trinajstić information content (AvgIpc) is 2.24. The first-order valence-corrected chi connectivity index (χ1v) is 4.43. The normalized spacial score (nSPS) is 45.4. The molecule has 0 saturated carbocycles. The van der Waals surface area contributed by atoms with Gasteiger partial charge in [-0.15, -0.1) is 0 Å². The van der Waals surface area contributed by atoms with Crippen LogP contribution >= 0.6 is 0 Å². The molecule has 0 bridgehead atoms. The first kappa shape index (κ1) is 11.0. The van der Waals surface area contributed by atoms with E-state index >= 15 is 0 Å². The number of aliphatic hydroxyl groups excluding tert-OH is 1. The summed E-state index contributed by atoms with van der Waals surface area (Å²) in [6.07, 6.45) is -0.896. The van der Waals surface area contributed by atoms with Crippen LogP contribution in [0.4, 0.5) is 0 Å². The smallest absolute Gasteiger partial charge is 0.142 e. The van der Waals surface area contributed by atoms with E-state index in [-0.39, 0.29) is 12.1 Å². The Morgan fingerprint density at radius 3 is 2.62 bits per heavy atom. The molecule has 1 saturated heterocycles. The maximum atomic E-state index is 9.71. The van der Waals surface area contributed by atoms with E-state index in [9.17, 15) is 5.11 Å². The van der Waals surface area contributed by atoms with Crippen molar-refractivity contribution in [1.29, 1.82) is 0 Å². The number of hydrogen-bond donors (Lipinski definition) is 1. The van der Waals surface area contributed by atoms with E-state index in [1.807, 2.05) is 14.8 Å². The van der Waals surface area contributed by atoms with Crippen LogP contribution in [0, 0.1) is 0 Å². The van der Waals surface area contributed by atoms with Crippen LogP contribution < -0.4 is 0 Å². The Bertz CT molecular complexity index is 178. The SMILES string of the molecule is B[C@@H]1O[C@](C)(COC)C(OC)[C@@H]1O. The van der Waals surface area contributed by atoms with Crippen molar-refractivity contribution in [2.45, 2.75) is 30.7 Å². The highest BCUT2D eigenvalue weighted by Crippen LogP contribution is 2.31. The molecule has 1 heterocycles. The third kappa shape index (κ3) is 1.88. The van der Waals surface area contributed by atoms with E-state index < -0.39 is 11.7 Å². The molecule has 0 aromatic rings. The zero-order valence-electron chi connectivity index (χ0n) is 8.61. The lowest BCUT2D eigenvalue weighted by molar-refractivity contribution is -0.108. The summed E-state index contributed by atoms with van der Waals surface area (Å²) < 4.78 is 15.9. The minimum atomic E-state index is -0.579. The van der Waals surface area contributed by atoms with Gasteiger partial charge in [0.1, 0.15) is 25.7 Å². The van der Waals surface area contributed by atoms with Crippen LogP contribution in [0.1, 0.15) is 6.92 Å². The van der Waals surface area contributed by atoms with Gasteiger partial charge in [0.15, 0.2) is 0 Å². The van der Waals surface area contributed by atoms with E-state index in [0.29, 0.717) is 6.61 Å². The molecule has 4 nitrogen and oxygen atoms in total. The fraction of sp³-hybridized carbons (Fsp3) is 1.00. The van der Waals surface area contributed by atoms with Crippen LogP contribution in [0.2, 0.25) is 0 Å². The van der Waals surface area contributed by atoms with Crippen molar-refractivity contribution in [3.05, 3.63) is 0 Å². The molecule has 1 fully saturated rings. The second-order valence-electron chi connectivity index (χ2n) is 3.72. The van der Waals surface area contributed by atoms with Gasteiger partial charge in [-0.3, -0.25) is 0 Å². The van der Waals surface area contributed by atoms with Crippen LogP contribution in [0.15, 0.2) is 0 Å². The fourth-order valence-corrected chi connectivity index (χ4v) is 1.96. The summed E-state index contributed by atoms with van der Waals surface area (Å²) in [6.45, 7) is 2.31. The van der Waals surface area contributed by atoms with E-state index in [4.69, 9.17) is 14.2 Å². The van der Waals surface area contributed by atoms with Gasteiger partial charge in [0.05, 0.1) is 12.6 Å². The summed E-state index contributed by atoms with van der Waals surface area (Å²) in [5.74, 6) is 0. The topological polar surface area (TPSA) is 47.9 Å². The van der Waals surface area contributed by atoms with Crippen LogP contribution in [-0.4, -0.2) is 57.6 Å². The quantitative estimate of drug-likeness (QED) is 0.562. The summed E-state index contributed by atoms with van der Waals surface area (Å²) >= 11 is 0. The number of rotatable bonds is 3. The zero-order valence-corrected chi connectivity index (χ0v) is 8.61. The first-order chi connectivity index (χ1) is 6.05. The summed E-state index contributed by atoms with van der Waals surface area (Å²) in [5, 5.41) is 9.71. The summed E-state index contributed by atoms with van der Waals surface area (Å²) in [6, 6.07) is -0.204. The summed E-state index contributed by atoms with van der Waals surface area (Å²) in [5.41, 5.74) is -0.539. The Kier molecular flexibility index (Phi) is 3.35. The molecule has 1 N–H and O–H groups in total. The van der Waals surface area contributed by atoms with E-state index in [1.165, 1.54) is 0 Å². The van der Waals surface area contributed by atoms with Crippen molar-refractivity contribution in [2.24, 2.45) is 0 Å². The Balaban J connectivity index is 2.74. The molecule has 0 amide bonds. The Hall–Kier alpha value is -0.0951. The second kappa shape index (κ2) is 3.96. The average molecular weight is 188 g/mol. The van der Waals surface area contributed by atoms with Gasteiger partial charge < -0.3 is 19.3 Å². The molecule has 0 aliphatic carbocycles. The van der Waals surface area contributed by atoms with Crippen LogP contribution in [0.5, 0.6) is 0 Å². The largest absolute Gasteiger partial charge is 0.388 e. The molecular weight excluding hydrogens is 171 g/mol.